The van der Waals surface area contributed by atoms with E-state index in [0.29, 0.717) is 22.3 Å². The molecule has 26 heavy (non-hydrogen) atoms. The normalized spacial score (nSPS) is 13.2. The maximum absolute atomic E-state index is 12.7. The Labute approximate surface area is 150 Å². The van der Waals surface area contributed by atoms with Gasteiger partial charge < -0.3 is 8.92 Å². The molecule has 0 bridgehead atoms. The molecule has 0 radical (unpaired) electrons. The van der Waals surface area contributed by atoms with Crippen LogP contribution in [0.25, 0.3) is 17.0 Å². The van der Waals surface area contributed by atoms with Crippen molar-refractivity contribution in [3.8, 4) is 11.5 Å². The van der Waals surface area contributed by atoms with Gasteiger partial charge in [-0.25, -0.2) is 0 Å². The first-order chi connectivity index (χ1) is 12.4. The third-order valence-electron chi connectivity index (χ3n) is 4.27. The number of aryl methyl sites for hydroxylation is 1. The molecule has 0 spiro atoms. The number of rotatable bonds is 4. The van der Waals surface area contributed by atoms with Gasteiger partial charge in [-0.05, 0) is 43.3 Å². The smallest absolute Gasteiger partial charge is 0.339 e. The van der Waals surface area contributed by atoms with E-state index in [1.807, 2.05) is 6.92 Å². The largest absolute Gasteiger partial charge is 0.497 e. The number of hydrogen-bond donors (Lipinski definition) is 0. The Balaban J connectivity index is 1.90. The quantitative estimate of drug-likeness (QED) is 0.659. The number of hydrogen-bond acceptors (Lipinski definition) is 5. The lowest BCUT2D eigenvalue weighted by Gasteiger charge is -2.08. The standard InChI is InChI=1S/C19H15NO5S/c1-12-3-6-14(7-4-12)26(22,23)25-19-15-11-13(24-2)5-8-16(15)20-17(19)9-10-18(20)21/h3-11H,1-2H3. The summed E-state index contributed by atoms with van der Waals surface area (Å²) in [5, 5.41) is 0.493. The molecule has 1 aliphatic heterocycles. The van der Waals surface area contributed by atoms with Crippen LogP contribution in [0.4, 0.5) is 0 Å². The number of methoxy groups -OCH3 is 1. The van der Waals surface area contributed by atoms with Crippen molar-refractivity contribution in [3.63, 3.8) is 0 Å². The summed E-state index contributed by atoms with van der Waals surface area (Å²) in [6, 6.07) is 11.4. The highest BCUT2D eigenvalue weighted by Crippen LogP contribution is 2.39. The Kier molecular flexibility index (Phi) is 3.62. The molecule has 0 fully saturated rings. The number of carbonyl (C=O) groups excluding carboxylic acids is 1. The highest BCUT2D eigenvalue weighted by molar-refractivity contribution is 7.87. The van der Waals surface area contributed by atoms with Crippen molar-refractivity contribution in [2.24, 2.45) is 0 Å². The first-order valence-electron chi connectivity index (χ1n) is 7.87. The number of carbonyl (C=O) groups is 1. The summed E-state index contributed by atoms with van der Waals surface area (Å²) in [6.45, 7) is 1.87. The molecule has 3 aromatic rings. The molecule has 0 saturated carbocycles. The molecule has 1 aromatic heterocycles. The zero-order valence-electron chi connectivity index (χ0n) is 14.1. The molecule has 0 aliphatic carbocycles. The lowest BCUT2D eigenvalue weighted by atomic mass is 10.2. The van der Waals surface area contributed by atoms with Gasteiger partial charge >= 0.3 is 10.1 Å². The molecule has 1 aliphatic rings. The topological polar surface area (TPSA) is 74.6 Å². The van der Waals surface area contributed by atoms with Gasteiger partial charge in [0.2, 0.25) is 0 Å². The van der Waals surface area contributed by atoms with Gasteiger partial charge in [-0.1, -0.05) is 17.7 Å². The Morgan fingerprint density at radius 2 is 1.73 bits per heavy atom. The molecule has 0 amide bonds. The van der Waals surface area contributed by atoms with Crippen molar-refractivity contribution < 1.29 is 22.1 Å². The van der Waals surface area contributed by atoms with Gasteiger partial charge in [-0.15, -0.1) is 0 Å². The summed E-state index contributed by atoms with van der Waals surface area (Å²) in [5.41, 5.74) is 1.90. The fourth-order valence-electron chi connectivity index (χ4n) is 2.95. The van der Waals surface area contributed by atoms with Crippen LogP contribution in [-0.4, -0.2) is 26.0 Å². The summed E-state index contributed by atoms with van der Waals surface area (Å²) in [4.78, 5) is 12.2. The summed E-state index contributed by atoms with van der Waals surface area (Å²) in [6.07, 6.45) is 2.93. The van der Waals surface area contributed by atoms with E-state index in [2.05, 4.69) is 0 Å². The number of nitrogens with zero attached hydrogens (tertiary/aromatic N) is 1. The summed E-state index contributed by atoms with van der Waals surface area (Å²) in [7, 11) is -2.54. The van der Waals surface area contributed by atoms with E-state index in [-0.39, 0.29) is 16.6 Å². The molecule has 0 unspecified atom stereocenters. The first-order valence-corrected chi connectivity index (χ1v) is 9.27. The van der Waals surface area contributed by atoms with Gasteiger partial charge in [0.1, 0.15) is 10.6 Å². The monoisotopic (exact) mass is 369 g/mol. The molecule has 0 saturated heterocycles. The molecule has 4 rings (SSSR count). The maximum atomic E-state index is 12.7. The van der Waals surface area contributed by atoms with Gasteiger partial charge in [0.15, 0.2) is 5.75 Å². The van der Waals surface area contributed by atoms with Crippen LogP contribution in [0.2, 0.25) is 0 Å². The molecule has 132 valence electrons. The predicted molar refractivity (Wildman–Crippen MR) is 97.1 cm³/mol. The number of allylic oxidation sites excluding steroid dienone is 1. The minimum absolute atomic E-state index is 0.0485. The Morgan fingerprint density at radius 1 is 1.00 bits per heavy atom. The van der Waals surface area contributed by atoms with Crippen LogP contribution in [-0.2, 0) is 10.1 Å². The van der Waals surface area contributed by atoms with Crippen LogP contribution in [0.3, 0.4) is 0 Å². The highest BCUT2D eigenvalue weighted by Gasteiger charge is 2.28. The fourth-order valence-corrected chi connectivity index (χ4v) is 3.91. The second-order valence-corrected chi connectivity index (χ2v) is 7.50. The number of ether oxygens (including phenoxy) is 1. The Morgan fingerprint density at radius 3 is 2.42 bits per heavy atom. The summed E-state index contributed by atoms with van der Waals surface area (Å²) in [5.74, 6) is 0.398. The van der Waals surface area contributed by atoms with Crippen LogP contribution < -0.4 is 8.92 Å². The highest BCUT2D eigenvalue weighted by atomic mass is 32.2. The molecular weight excluding hydrogens is 354 g/mol. The average Bonchev–Trinajstić information content (AvgIpc) is 3.14. The zero-order valence-corrected chi connectivity index (χ0v) is 14.9. The van der Waals surface area contributed by atoms with Crippen molar-refractivity contribution >= 4 is 33.0 Å². The van der Waals surface area contributed by atoms with E-state index in [9.17, 15) is 13.2 Å². The van der Waals surface area contributed by atoms with Crippen LogP contribution in [0.15, 0.2) is 53.4 Å². The van der Waals surface area contributed by atoms with Crippen LogP contribution in [0, 0.1) is 6.92 Å². The summed E-state index contributed by atoms with van der Waals surface area (Å²) >= 11 is 0. The molecule has 0 atom stereocenters. The number of aromatic nitrogens is 1. The van der Waals surface area contributed by atoms with Crippen molar-refractivity contribution in [1.29, 1.82) is 0 Å². The van der Waals surface area contributed by atoms with Crippen molar-refractivity contribution in [2.75, 3.05) is 7.11 Å². The third kappa shape index (κ3) is 2.48. The third-order valence-corrected chi connectivity index (χ3v) is 5.51. The van der Waals surface area contributed by atoms with Gasteiger partial charge in [0.05, 0.1) is 18.3 Å². The Bertz CT molecular complexity index is 1170. The van der Waals surface area contributed by atoms with Crippen LogP contribution in [0.1, 0.15) is 16.1 Å². The van der Waals surface area contributed by atoms with Crippen LogP contribution in [0.5, 0.6) is 11.5 Å². The van der Waals surface area contributed by atoms with Crippen molar-refractivity contribution in [2.45, 2.75) is 11.8 Å². The Hall–Kier alpha value is -3.06. The van der Waals surface area contributed by atoms with Crippen LogP contribution >= 0.6 is 0 Å². The predicted octanol–water partition coefficient (Wildman–Crippen LogP) is 3.39. The first kappa shape index (κ1) is 16.4. The molecule has 2 heterocycles. The SMILES string of the molecule is COc1ccc2c(c1)c(OS(=O)(=O)c1ccc(C)cc1)c1n2C(=O)C=C1. The maximum Gasteiger partial charge on any atom is 0.339 e. The van der Waals surface area contributed by atoms with Gasteiger partial charge in [0, 0.05) is 11.5 Å². The van der Waals surface area contributed by atoms with Gasteiger partial charge in [0.25, 0.3) is 5.91 Å². The van der Waals surface area contributed by atoms with Crippen molar-refractivity contribution in [1.82, 2.24) is 4.57 Å². The molecule has 6 nitrogen and oxygen atoms in total. The molecule has 2 aromatic carbocycles. The minimum Gasteiger partial charge on any atom is -0.497 e. The van der Waals surface area contributed by atoms with E-state index in [1.54, 1.807) is 36.4 Å². The van der Waals surface area contributed by atoms with Crippen molar-refractivity contribution in [3.05, 3.63) is 59.8 Å². The van der Waals surface area contributed by atoms with E-state index in [0.717, 1.165) is 5.56 Å². The number of fused-ring (bicyclic) bond motifs is 3. The lowest BCUT2D eigenvalue weighted by Crippen LogP contribution is -2.10. The zero-order chi connectivity index (χ0) is 18.5. The fraction of sp³-hybridized carbons (Fsp3) is 0.105. The summed E-state index contributed by atoms with van der Waals surface area (Å²) < 4.78 is 37.5. The van der Waals surface area contributed by atoms with E-state index in [1.165, 1.54) is 29.9 Å². The minimum atomic E-state index is -4.05. The molecular formula is C19H15NO5S. The lowest BCUT2D eigenvalue weighted by molar-refractivity contribution is 0.0978. The van der Waals surface area contributed by atoms with Gasteiger partial charge in [-0.2, -0.15) is 8.42 Å². The molecule has 0 N–H and O–H groups in total. The van der Waals surface area contributed by atoms with Gasteiger partial charge in [-0.3, -0.25) is 9.36 Å². The van der Waals surface area contributed by atoms with E-state index in [4.69, 9.17) is 8.92 Å². The second-order valence-electron chi connectivity index (χ2n) is 5.95. The second kappa shape index (κ2) is 5.74. The molecule has 7 heteroatoms. The number of benzene rings is 2. The van der Waals surface area contributed by atoms with E-state index < -0.39 is 10.1 Å². The average molecular weight is 369 g/mol. The van der Waals surface area contributed by atoms with E-state index >= 15 is 0 Å².